The normalized spacial score (nSPS) is 16.2. The first-order valence-electron chi connectivity index (χ1n) is 10.3. The topological polar surface area (TPSA) is 29.1 Å². The zero-order chi connectivity index (χ0) is 21.5. The van der Waals surface area contributed by atoms with E-state index in [1.165, 1.54) is 27.1 Å². The monoisotopic (exact) mass is 473 g/mol. The number of rotatable bonds is 4. The van der Waals surface area contributed by atoms with Crippen molar-refractivity contribution in [3.63, 3.8) is 0 Å². The first-order valence-corrected chi connectivity index (χ1v) is 12.1. The summed E-state index contributed by atoms with van der Waals surface area (Å²) in [5.41, 5.74) is 7.34. The summed E-state index contributed by atoms with van der Waals surface area (Å²) in [5.74, 6) is 2.01. The summed E-state index contributed by atoms with van der Waals surface area (Å²) in [4.78, 5) is 14.0. The summed E-state index contributed by atoms with van der Waals surface area (Å²) in [5, 5.41) is 3.22. The third-order valence-corrected chi connectivity index (χ3v) is 8.10. The zero-order valence-electron chi connectivity index (χ0n) is 18.6. The average molecular weight is 475 g/mol. The van der Waals surface area contributed by atoms with E-state index in [-0.39, 0.29) is 11.3 Å². The second kappa shape index (κ2) is 8.47. The molecule has 0 radical (unpaired) electrons. The van der Waals surface area contributed by atoms with Crippen LogP contribution in [0.2, 0.25) is 0 Å². The van der Waals surface area contributed by atoms with Crippen molar-refractivity contribution in [1.29, 1.82) is 0 Å². The van der Waals surface area contributed by atoms with Gasteiger partial charge in [0.25, 0.3) is 0 Å². The second-order valence-electron chi connectivity index (χ2n) is 9.65. The van der Waals surface area contributed by atoms with Crippen molar-refractivity contribution in [2.24, 2.45) is 5.41 Å². The highest BCUT2D eigenvalue weighted by molar-refractivity contribution is 9.10. The van der Waals surface area contributed by atoms with Crippen LogP contribution in [-0.2, 0) is 4.79 Å². The van der Waals surface area contributed by atoms with Gasteiger partial charge in [0.1, 0.15) is 0 Å². The summed E-state index contributed by atoms with van der Waals surface area (Å²) in [6.45, 7) is 15.0. The van der Waals surface area contributed by atoms with Crippen molar-refractivity contribution in [2.75, 3.05) is 11.1 Å². The zero-order valence-corrected chi connectivity index (χ0v) is 21.0. The minimum atomic E-state index is -0.0313. The van der Waals surface area contributed by atoms with Crippen molar-refractivity contribution >= 4 is 39.3 Å². The minimum Gasteiger partial charge on any atom is -0.326 e. The molecule has 0 fully saturated rings. The summed E-state index contributed by atoms with van der Waals surface area (Å²) >= 11 is 5.74. The van der Waals surface area contributed by atoms with Gasteiger partial charge in [0.15, 0.2) is 0 Å². The molecular weight excluding hydrogens is 442 g/mol. The van der Waals surface area contributed by atoms with Gasteiger partial charge < -0.3 is 5.32 Å². The molecule has 0 spiro atoms. The van der Waals surface area contributed by atoms with Gasteiger partial charge in [-0.25, -0.2) is 0 Å². The van der Waals surface area contributed by atoms with Gasteiger partial charge in [-0.1, -0.05) is 58.9 Å². The summed E-state index contributed by atoms with van der Waals surface area (Å²) in [7, 11) is 0. The van der Waals surface area contributed by atoms with Crippen LogP contribution in [0.4, 0.5) is 5.69 Å². The standard InChI is InChI=1S/C25H32BrNOS/c1-14(2)17-8-10-18(11-9-17)19-13-29-24-21(19)15(3)23(16(4)22(24)26)27-20(28)12-25(5,6)7/h8-11,14,19H,12-13H2,1-7H3,(H,27,28). The summed E-state index contributed by atoms with van der Waals surface area (Å²) in [6, 6.07) is 9.07. The van der Waals surface area contributed by atoms with Crippen molar-refractivity contribution in [1.82, 2.24) is 0 Å². The van der Waals surface area contributed by atoms with Gasteiger partial charge in [-0.2, -0.15) is 0 Å². The fraction of sp³-hybridized carbons (Fsp3) is 0.480. The van der Waals surface area contributed by atoms with Crippen LogP contribution >= 0.6 is 27.7 Å². The highest BCUT2D eigenvalue weighted by Gasteiger charge is 2.32. The lowest BCUT2D eigenvalue weighted by molar-refractivity contribution is -0.117. The Labute approximate surface area is 188 Å². The number of fused-ring (bicyclic) bond motifs is 1. The number of thioether (sulfide) groups is 1. The number of nitrogens with one attached hydrogen (secondary N) is 1. The summed E-state index contributed by atoms with van der Waals surface area (Å²) in [6.07, 6.45) is 0.509. The SMILES string of the molecule is Cc1c(Br)c2c(c(C)c1NC(=O)CC(C)(C)C)C(c1ccc(C(C)C)cc1)CS2. The van der Waals surface area contributed by atoms with Gasteiger partial charge in [-0.3, -0.25) is 4.79 Å². The Balaban J connectivity index is 2.00. The predicted molar refractivity (Wildman–Crippen MR) is 129 cm³/mol. The molecule has 3 rings (SSSR count). The summed E-state index contributed by atoms with van der Waals surface area (Å²) < 4.78 is 1.12. The van der Waals surface area contributed by atoms with Gasteiger partial charge in [-0.15, -0.1) is 11.8 Å². The Bertz CT molecular complexity index is 926. The number of hydrogen-bond acceptors (Lipinski definition) is 2. The van der Waals surface area contributed by atoms with Crippen LogP contribution in [0.3, 0.4) is 0 Å². The van der Waals surface area contributed by atoms with Crippen LogP contribution in [0.5, 0.6) is 0 Å². The molecule has 1 unspecified atom stereocenters. The molecule has 1 aliphatic rings. The van der Waals surface area contributed by atoms with Crippen LogP contribution in [0.25, 0.3) is 0 Å². The minimum absolute atomic E-state index is 0.0313. The molecule has 2 aromatic rings. The highest BCUT2D eigenvalue weighted by atomic mass is 79.9. The van der Waals surface area contributed by atoms with Crippen LogP contribution in [0.1, 0.15) is 80.7 Å². The fourth-order valence-electron chi connectivity index (χ4n) is 4.02. The molecule has 1 aliphatic heterocycles. The molecule has 29 heavy (non-hydrogen) atoms. The number of amides is 1. The molecule has 2 aromatic carbocycles. The molecule has 0 aliphatic carbocycles. The average Bonchev–Trinajstić information content (AvgIpc) is 3.07. The molecule has 0 saturated carbocycles. The third-order valence-electron chi connectivity index (χ3n) is 5.63. The molecule has 0 bridgehead atoms. The van der Waals surface area contributed by atoms with Crippen molar-refractivity contribution in [3.8, 4) is 0 Å². The fourth-order valence-corrected chi connectivity index (χ4v) is 6.20. The van der Waals surface area contributed by atoms with Crippen LogP contribution < -0.4 is 5.32 Å². The molecule has 4 heteroatoms. The molecule has 156 valence electrons. The number of benzene rings is 2. The molecule has 1 atom stereocenters. The van der Waals surface area contributed by atoms with Gasteiger partial charge in [0, 0.05) is 33.1 Å². The van der Waals surface area contributed by atoms with Gasteiger partial charge in [0.2, 0.25) is 5.91 Å². The van der Waals surface area contributed by atoms with E-state index >= 15 is 0 Å². The molecular formula is C25H32BrNOS. The Morgan fingerprint density at radius 3 is 2.34 bits per heavy atom. The van der Waals surface area contributed by atoms with E-state index in [0.29, 0.717) is 18.3 Å². The van der Waals surface area contributed by atoms with Crippen molar-refractivity contribution < 1.29 is 4.79 Å². The maximum absolute atomic E-state index is 12.7. The number of anilines is 1. The lowest BCUT2D eigenvalue weighted by Crippen LogP contribution is -2.21. The van der Waals surface area contributed by atoms with Crippen molar-refractivity contribution in [2.45, 2.75) is 71.6 Å². The van der Waals surface area contributed by atoms with Crippen molar-refractivity contribution in [3.05, 3.63) is 56.6 Å². The Kier molecular flexibility index (Phi) is 6.55. The molecule has 1 heterocycles. The van der Waals surface area contributed by atoms with E-state index in [0.717, 1.165) is 21.5 Å². The van der Waals surface area contributed by atoms with Crippen LogP contribution in [0.15, 0.2) is 33.6 Å². The van der Waals surface area contributed by atoms with E-state index in [1.54, 1.807) is 0 Å². The highest BCUT2D eigenvalue weighted by Crippen LogP contribution is 2.51. The molecule has 1 amide bonds. The number of carbonyl (C=O) groups is 1. The van der Waals surface area contributed by atoms with E-state index < -0.39 is 0 Å². The number of hydrogen-bond donors (Lipinski definition) is 1. The Morgan fingerprint density at radius 2 is 1.79 bits per heavy atom. The number of halogens is 1. The molecule has 0 aromatic heterocycles. The maximum atomic E-state index is 12.7. The third kappa shape index (κ3) is 4.74. The smallest absolute Gasteiger partial charge is 0.224 e. The first kappa shape index (κ1) is 22.4. The van der Waals surface area contributed by atoms with E-state index in [1.807, 2.05) is 11.8 Å². The van der Waals surface area contributed by atoms with Gasteiger partial charge >= 0.3 is 0 Å². The van der Waals surface area contributed by atoms with E-state index in [2.05, 4.69) is 94.0 Å². The van der Waals surface area contributed by atoms with Gasteiger partial charge in [0.05, 0.1) is 0 Å². The Morgan fingerprint density at radius 1 is 1.17 bits per heavy atom. The van der Waals surface area contributed by atoms with Crippen LogP contribution in [0, 0.1) is 19.3 Å². The van der Waals surface area contributed by atoms with Crippen LogP contribution in [-0.4, -0.2) is 11.7 Å². The quantitative estimate of drug-likeness (QED) is 0.490. The largest absolute Gasteiger partial charge is 0.326 e. The number of carbonyl (C=O) groups excluding carboxylic acids is 1. The maximum Gasteiger partial charge on any atom is 0.224 e. The Hall–Kier alpha value is -1.26. The van der Waals surface area contributed by atoms with Gasteiger partial charge in [-0.05, 0) is 68.9 Å². The molecule has 1 N–H and O–H groups in total. The first-order chi connectivity index (χ1) is 13.5. The lowest BCUT2D eigenvalue weighted by atomic mass is 9.87. The van der Waals surface area contributed by atoms with E-state index in [4.69, 9.17) is 0 Å². The molecule has 2 nitrogen and oxygen atoms in total. The predicted octanol–water partition coefficient (Wildman–Crippen LogP) is 7.80. The molecule has 0 saturated heterocycles. The second-order valence-corrected chi connectivity index (χ2v) is 11.5. The lowest BCUT2D eigenvalue weighted by Gasteiger charge is -2.23. The van der Waals surface area contributed by atoms with E-state index in [9.17, 15) is 4.79 Å².